The van der Waals surface area contributed by atoms with E-state index in [0.717, 1.165) is 15.8 Å². The lowest BCUT2D eigenvalue weighted by Crippen LogP contribution is -2.28. The fraction of sp³-hybridized carbons (Fsp3) is 0.0909. The second-order valence-corrected chi connectivity index (χ2v) is 7.61. The van der Waals surface area contributed by atoms with Crippen LogP contribution in [0.25, 0.3) is 16.3 Å². The minimum Gasteiger partial charge on any atom is -0.467 e. The molecule has 0 atom stereocenters. The Morgan fingerprint density at radius 2 is 2.00 bits per heavy atom. The van der Waals surface area contributed by atoms with Crippen LogP contribution in [0.4, 0.5) is 10.8 Å². The summed E-state index contributed by atoms with van der Waals surface area (Å²) in [7, 11) is 0. The van der Waals surface area contributed by atoms with Crippen molar-refractivity contribution in [1.82, 2.24) is 4.98 Å². The highest BCUT2D eigenvalue weighted by Gasteiger charge is 2.20. The molecule has 4 aromatic rings. The summed E-state index contributed by atoms with van der Waals surface area (Å²) in [5, 5.41) is 11.4. The first-order valence-electron chi connectivity index (χ1n) is 9.14. The second kappa shape index (κ2) is 8.30. The van der Waals surface area contributed by atoms with Crippen LogP contribution in [-0.2, 0) is 11.3 Å². The van der Waals surface area contributed by atoms with Gasteiger partial charge in [0.15, 0.2) is 5.13 Å². The normalized spacial score (nSPS) is 11.2. The summed E-state index contributed by atoms with van der Waals surface area (Å²) in [6, 6.07) is 15.5. The van der Waals surface area contributed by atoms with Crippen LogP contribution in [0.15, 0.2) is 71.4 Å². The molecule has 2 heterocycles. The molecular formula is C22H17N3O4S. The monoisotopic (exact) mass is 419 g/mol. The van der Waals surface area contributed by atoms with Gasteiger partial charge in [-0.15, -0.1) is 0 Å². The van der Waals surface area contributed by atoms with E-state index in [1.807, 2.05) is 25.1 Å². The fourth-order valence-corrected chi connectivity index (χ4v) is 4.00. The van der Waals surface area contributed by atoms with E-state index in [2.05, 4.69) is 4.98 Å². The summed E-state index contributed by atoms with van der Waals surface area (Å²) in [5.74, 6) is 0.379. The van der Waals surface area contributed by atoms with Crippen LogP contribution in [-0.4, -0.2) is 15.8 Å². The van der Waals surface area contributed by atoms with Crippen LogP contribution in [0.5, 0.6) is 0 Å². The number of benzene rings is 2. The number of para-hydroxylation sites is 1. The van der Waals surface area contributed by atoms with Crippen LogP contribution >= 0.6 is 11.3 Å². The lowest BCUT2D eigenvalue weighted by molar-refractivity contribution is -0.384. The Kier molecular flexibility index (Phi) is 5.40. The Morgan fingerprint density at radius 3 is 2.67 bits per heavy atom. The number of anilines is 1. The van der Waals surface area contributed by atoms with E-state index in [1.165, 1.54) is 29.5 Å². The van der Waals surface area contributed by atoms with Crippen LogP contribution in [0.1, 0.15) is 16.9 Å². The van der Waals surface area contributed by atoms with Gasteiger partial charge in [0.05, 0.1) is 27.9 Å². The van der Waals surface area contributed by atoms with Gasteiger partial charge in [-0.3, -0.25) is 19.8 Å². The third kappa shape index (κ3) is 4.13. The molecule has 8 heteroatoms. The third-order valence-corrected chi connectivity index (χ3v) is 5.57. The molecule has 0 N–H and O–H groups in total. The fourth-order valence-electron chi connectivity index (χ4n) is 2.95. The standard InChI is InChI=1S/C22H17N3O4S/c1-15-4-2-6-19-21(15)23-22(30-19)24(14-18-5-3-13-29-18)20(26)12-9-16-7-10-17(11-8-16)25(27)28/h2-13H,14H2,1H3/b12-9-. The number of nitro groups is 1. The van der Waals surface area contributed by atoms with E-state index >= 15 is 0 Å². The van der Waals surface area contributed by atoms with Gasteiger partial charge in [0.25, 0.3) is 11.6 Å². The number of aromatic nitrogens is 1. The SMILES string of the molecule is Cc1cccc2sc(N(Cc3ccco3)C(=O)/C=C\c3ccc([N+](=O)[O-])cc3)nc12. The number of non-ortho nitro benzene ring substituents is 1. The topological polar surface area (TPSA) is 89.5 Å². The maximum absolute atomic E-state index is 13.0. The van der Waals surface area contributed by atoms with Gasteiger partial charge in [-0.25, -0.2) is 4.98 Å². The van der Waals surface area contributed by atoms with Gasteiger partial charge in [-0.05, 0) is 54.5 Å². The van der Waals surface area contributed by atoms with Crippen LogP contribution in [0.2, 0.25) is 0 Å². The van der Waals surface area contributed by atoms with E-state index in [-0.39, 0.29) is 18.1 Å². The minimum absolute atomic E-state index is 0.00256. The largest absolute Gasteiger partial charge is 0.467 e. The maximum atomic E-state index is 13.0. The molecule has 1 amide bonds. The average molecular weight is 419 g/mol. The quantitative estimate of drug-likeness (QED) is 0.239. The van der Waals surface area contributed by atoms with Crippen molar-refractivity contribution in [2.45, 2.75) is 13.5 Å². The molecule has 0 radical (unpaired) electrons. The molecule has 0 bridgehead atoms. The number of fused-ring (bicyclic) bond motifs is 1. The molecule has 0 fully saturated rings. The predicted molar refractivity (Wildman–Crippen MR) is 116 cm³/mol. The molecule has 0 saturated carbocycles. The first kappa shape index (κ1) is 19.5. The predicted octanol–water partition coefficient (Wildman–Crippen LogP) is 5.35. The van der Waals surface area contributed by atoms with E-state index in [1.54, 1.807) is 41.5 Å². The Balaban J connectivity index is 1.63. The molecule has 0 aliphatic rings. The van der Waals surface area contributed by atoms with Crippen LogP contribution in [0, 0.1) is 17.0 Å². The average Bonchev–Trinajstić information content (AvgIpc) is 3.41. The zero-order chi connectivity index (χ0) is 21.1. The lowest BCUT2D eigenvalue weighted by atomic mass is 10.2. The number of carbonyl (C=O) groups is 1. The van der Waals surface area contributed by atoms with E-state index in [4.69, 9.17) is 4.42 Å². The number of thiazole rings is 1. The first-order valence-corrected chi connectivity index (χ1v) is 9.95. The van der Waals surface area contributed by atoms with E-state index < -0.39 is 4.92 Å². The summed E-state index contributed by atoms with van der Waals surface area (Å²) < 4.78 is 6.43. The Hall–Kier alpha value is -3.78. The number of nitro benzene ring substituents is 1. The van der Waals surface area contributed by atoms with E-state index in [0.29, 0.717) is 16.5 Å². The number of amides is 1. The number of nitrogens with zero attached hydrogens (tertiary/aromatic N) is 3. The van der Waals surface area contributed by atoms with E-state index in [9.17, 15) is 14.9 Å². The number of rotatable bonds is 6. The Labute approximate surface area is 176 Å². The molecule has 0 aliphatic heterocycles. The zero-order valence-electron chi connectivity index (χ0n) is 16.0. The van der Waals surface area contributed by atoms with Crippen molar-refractivity contribution < 1.29 is 14.1 Å². The molecular weight excluding hydrogens is 402 g/mol. The van der Waals surface area contributed by atoms with Crippen LogP contribution < -0.4 is 4.90 Å². The first-order chi connectivity index (χ1) is 14.5. The number of hydrogen-bond donors (Lipinski definition) is 0. The van der Waals surface area contributed by atoms with Gasteiger partial charge in [-0.2, -0.15) is 0 Å². The van der Waals surface area contributed by atoms with Crippen LogP contribution in [0.3, 0.4) is 0 Å². The van der Waals surface area contributed by atoms with Crippen molar-refractivity contribution in [2.24, 2.45) is 0 Å². The number of furan rings is 1. The molecule has 0 aliphatic carbocycles. The molecule has 7 nitrogen and oxygen atoms in total. The molecule has 2 aromatic carbocycles. The highest BCUT2D eigenvalue weighted by molar-refractivity contribution is 7.22. The molecule has 0 spiro atoms. The number of hydrogen-bond acceptors (Lipinski definition) is 6. The van der Waals surface area contributed by atoms with Crippen molar-refractivity contribution in [1.29, 1.82) is 0 Å². The Morgan fingerprint density at radius 1 is 1.20 bits per heavy atom. The Bertz CT molecular complexity index is 1230. The van der Waals surface area contributed by atoms with Gasteiger partial charge < -0.3 is 4.42 Å². The van der Waals surface area contributed by atoms with Gasteiger partial charge in [0.1, 0.15) is 5.76 Å². The summed E-state index contributed by atoms with van der Waals surface area (Å²) in [6.07, 6.45) is 4.62. The van der Waals surface area contributed by atoms with Crippen molar-refractivity contribution in [3.8, 4) is 0 Å². The highest BCUT2D eigenvalue weighted by Crippen LogP contribution is 2.31. The van der Waals surface area contributed by atoms with Gasteiger partial charge in [-0.1, -0.05) is 23.5 Å². The molecule has 2 aromatic heterocycles. The smallest absolute Gasteiger partial charge is 0.269 e. The minimum atomic E-state index is -0.459. The summed E-state index contributed by atoms with van der Waals surface area (Å²) >= 11 is 1.44. The van der Waals surface area contributed by atoms with Crippen molar-refractivity contribution in [3.05, 3.63) is 93.9 Å². The number of carbonyl (C=O) groups excluding carboxylic acids is 1. The molecule has 30 heavy (non-hydrogen) atoms. The maximum Gasteiger partial charge on any atom is 0.269 e. The summed E-state index contributed by atoms with van der Waals surface area (Å²) in [6.45, 7) is 2.23. The highest BCUT2D eigenvalue weighted by atomic mass is 32.1. The van der Waals surface area contributed by atoms with Gasteiger partial charge >= 0.3 is 0 Å². The van der Waals surface area contributed by atoms with Gasteiger partial charge in [0, 0.05) is 18.2 Å². The second-order valence-electron chi connectivity index (χ2n) is 6.60. The molecule has 150 valence electrons. The zero-order valence-corrected chi connectivity index (χ0v) is 16.8. The molecule has 0 unspecified atom stereocenters. The third-order valence-electron chi connectivity index (χ3n) is 4.52. The number of aryl methyl sites for hydroxylation is 1. The van der Waals surface area contributed by atoms with Crippen molar-refractivity contribution in [2.75, 3.05) is 4.90 Å². The van der Waals surface area contributed by atoms with Gasteiger partial charge in [0.2, 0.25) is 0 Å². The van der Waals surface area contributed by atoms with Crippen molar-refractivity contribution in [3.63, 3.8) is 0 Å². The van der Waals surface area contributed by atoms with Crippen molar-refractivity contribution >= 4 is 44.4 Å². The molecule has 0 saturated heterocycles. The summed E-state index contributed by atoms with van der Waals surface area (Å²) in [5.41, 5.74) is 2.60. The summed E-state index contributed by atoms with van der Waals surface area (Å²) in [4.78, 5) is 29.6. The molecule has 4 rings (SSSR count). The lowest BCUT2D eigenvalue weighted by Gasteiger charge is -2.16.